The molecule has 0 aliphatic rings. The molecule has 2 aromatic rings. The molecule has 0 spiro atoms. The molecule has 2 nitrogen and oxygen atoms in total. The smallest absolute Gasteiger partial charge is 0.124 e. The molecule has 96 valence electrons. The van der Waals surface area contributed by atoms with Crippen molar-refractivity contribution in [2.75, 3.05) is 13.6 Å². The lowest BCUT2D eigenvalue weighted by Gasteiger charge is -2.03. The fourth-order valence-corrected chi connectivity index (χ4v) is 3.12. The lowest BCUT2D eigenvalue weighted by atomic mass is 10.1. The molecule has 18 heavy (non-hydrogen) atoms. The minimum absolute atomic E-state index is 1.01. The number of rotatable bonds is 4. The normalized spacial score (nSPS) is 10.9. The monoisotopic (exact) mass is 260 g/mol. The predicted molar refractivity (Wildman–Crippen MR) is 79.4 cm³/mol. The van der Waals surface area contributed by atoms with E-state index in [-0.39, 0.29) is 0 Å². The molecule has 0 fully saturated rings. The molecule has 1 aromatic heterocycles. The highest BCUT2D eigenvalue weighted by atomic mass is 32.1. The van der Waals surface area contributed by atoms with Gasteiger partial charge in [-0.3, -0.25) is 0 Å². The van der Waals surface area contributed by atoms with Crippen LogP contribution in [0.4, 0.5) is 0 Å². The predicted octanol–water partition coefficient (Wildman–Crippen LogP) is 3.50. The number of likely N-dealkylation sites (N-methyl/N-ethyl adjacent to an activating group) is 1. The maximum Gasteiger partial charge on any atom is 0.124 e. The standard InChI is InChI=1S/C15H20N2S/c1-10-5-6-11(2)13(9-10)15-17-12(3)14(18-15)7-8-16-4/h5-6,9,16H,7-8H2,1-4H3. The zero-order chi connectivity index (χ0) is 13.1. The van der Waals surface area contributed by atoms with E-state index < -0.39 is 0 Å². The Morgan fingerprint density at radius 1 is 1.22 bits per heavy atom. The van der Waals surface area contributed by atoms with Gasteiger partial charge in [0.15, 0.2) is 0 Å². The molecule has 3 heteroatoms. The van der Waals surface area contributed by atoms with Crippen molar-refractivity contribution in [2.24, 2.45) is 0 Å². The van der Waals surface area contributed by atoms with Gasteiger partial charge in [-0.15, -0.1) is 11.3 Å². The van der Waals surface area contributed by atoms with Gasteiger partial charge in [0.25, 0.3) is 0 Å². The van der Waals surface area contributed by atoms with Crippen molar-refractivity contribution in [2.45, 2.75) is 27.2 Å². The molecule has 1 aromatic carbocycles. The highest BCUT2D eigenvalue weighted by Crippen LogP contribution is 2.30. The van der Waals surface area contributed by atoms with Crippen LogP contribution in [0.25, 0.3) is 10.6 Å². The summed E-state index contributed by atoms with van der Waals surface area (Å²) in [5, 5.41) is 4.34. The lowest BCUT2D eigenvalue weighted by Crippen LogP contribution is -2.09. The zero-order valence-electron chi connectivity index (χ0n) is 11.5. The number of nitrogens with zero attached hydrogens (tertiary/aromatic N) is 1. The van der Waals surface area contributed by atoms with Crippen LogP contribution in [0.5, 0.6) is 0 Å². The van der Waals surface area contributed by atoms with E-state index in [1.807, 2.05) is 18.4 Å². The second-order valence-electron chi connectivity index (χ2n) is 4.70. The van der Waals surface area contributed by atoms with Crippen molar-refractivity contribution in [3.05, 3.63) is 39.9 Å². The summed E-state index contributed by atoms with van der Waals surface area (Å²) in [5.74, 6) is 0. The van der Waals surface area contributed by atoms with Gasteiger partial charge >= 0.3 is 0 Å². The van der Waals surface area contributed by atoms with Gasteiger partial charge in [-0.05, 0) is 52.4 Å². The topological polar surface area (TPSA) is 24.9 Å². The molecule has 1 heterocycles. The summed E-state index contributed by atoms with van der Waals surface area (Å²) in [6.07, 6.45) is 1.06. The molecule has 2 rings (SSSR count). The largest absolute Gasteiger partial charge is 0.319 e. The first kappa shape index (κ1) is 13.2. The van der Waals surface area contributed by atoms with E-state index in [0.29, 0.717) is 0 Å². The summed E-state index contributed by atoms with van der Waals surface area (Å²) in [4.78, 5) is 6.12. The Kier molecular flexibility index (Phi) is 4.15. The maximum atomic E-state index is 4.73. The third-order valence-corrected chi connectivity index (χ3v) is 4.37. The van der Waals surface area contributed by atoms with Crippen LogP contribution in [-0.2, 0) is 6.42 Å². The molecular formula is C15H20N2S. The average Bonchev–Trinajstić information content (AvgIpc) is 2.71. The third kappa shape index (κ3) is 2.79. The van der Waals surface area contributed by atoms with Crippen LogP contribution >= 0.6 is 11.3 Å². The van der Waals surface area contributed by atoms with Gasteiger partial charge in [0.2, 0.25) is 0 Å². The summed E-state index contributed by atoms with van der Waals surface area (Å²) >= 11 is 1.82. The molecule has 0 atom stereocenters. The SMILES string of the molecule is CNCCc1sc(-c2cc(C)ccc2C)nc1C. The average molecular weight is 260 g/mol. The van der Waals surface area contributed by atoms with Gasteiger partial charge < -0.3 is 5.32 Å². The van der Waals surface area contributed by atoms with E-state index in [9.17, 15) is 0 Å². The third-order valence-electron chi connectivity index (χ3n) is 3.12. The van der Waals surface area contributed by atoms with Crippen molar-refractivity contribution in [1.82, 2.24) is 10.3 Å². The fraction of sp³-hybridized carbons (Fsp3) is 0.400. The van der Waals surface area contributed by atoms with Crippen LogP contribution in [0.3, 0.4) is 0 Å². The Balaban J connectivity index is 2.36. The van der Waals surface area contributed by atoms with Crippen molar-refractivity contribution in [1.29, 1.82) is 0 Å². The Labute approximate surface area is 113 Å². The second-order valence-corrected chi connectivity index (χ2v) is 5.78. The second kappa shape index (κ2) is 5.63. The van der Waals surface area contributed by atoms with Crippen LogP contribution in [0.1, 0.15) is 21.7 Å². The lowest BCUT2D eigenvalue weighted by molar-refractivity contribution is 0.795. The zero-order valence-corrected chi connectivity index (χ0v) is 12.3. The molecule has 0 radical (unpaired) electrons. The van der Waals surface area contributed by atoms with Crippen molar-refractivity contribution < 1.29 is 0 Å². The van der Waals surface area contributed by atoms with Crippen LogP contribution in [0, 0.1) is 20.8 Å². The highest BCUT2D eigenvalue weighted by Gasteiger charge is 2.11. The molecule has 0 amide bonds. The van der Waals surface area contributed by atoms with Crippen LogP contribution < -0.4 is 5.32 Å². The number of hydrogen-bond acceptors (Lipinski definition) is 3. The van der Waals surface area contributed by atoms with Crippen LogP contribution in [0.2, 0.25) is 0 Å². The minimum Gasteiger partial charge on any atom is -0.319 e. The first-order valence-corrected chi connectivity index (χ1v) is 7.12. The molecule has 0 saturated heterocycles. The van der Waals surface area contributed by atoms with Crippen molar-refractivity contribution in [3.8, 4) is 10.6 Å². The van der Waals surface area contributed by atoms with E-state index in [1.165, 1.54) is 27.3 Å². The number of aromatic nitrogens is 1. The Bertz CT molecular complexity index is 543. The van der Waals surface area contributed by atoms with E-state index in [1.54, 1.807) is 0 Å². The highest BCUT2D eigenvalue weighted by molar-refractivity contribution is 7.15. The maximum absolute atomic E-state index is 4.73. The first-order valence-electron chi connectivity index (χ1n) is 6.30. The fourth-order valence-electron chi connectivity index (χ4n) is 1.98. The van der Waals surface area contributed by atoms with E-state index >= 15 is 0 Å². The van der Waals surface area contributed by atoms with Crippen molar-refractivity contribution >= 4 is 11.3 Å². The molecular weight excluding hydrogens is 240 g/mol. The number of benzene rings is 1. The summed E-state index contributed by atoms with van der Waals surface area (Å²) in [7, 11) is 1.99. The van der Waals surface area contributed by atoms with Crippen LogP contribution in [-0.4, -0.2) is 18.6 Å². The van der Waals surface area contributed by atoms with Gasteiger partial charge in [-0.2, -0.15) is 0 Å². The summed E-state index contributed by atoms with van der Waals surface area (Å²) in [6, 6.07) is 6.56. The number of hydrogen-bond donors (Lipinski definition) is 1. The Morgan fingerprint density at radius 3 is 2.72 bits per heavy atom. The minimum atomic E-state index is 1.01. The molecule has 0 bridgehead atoms. The summed E-state index contributed by atoms with van der Waals surface area (Å²) in [6.45, 7) is 7.40. The summed E-state index contributed by atoms with van der Waals surface area (Å²) < 4.78 is 0. The Hall–Kier alpha value is -1.19. The van der Waals surface area contributed by atoms with Gasteiger partial charge in [0.1, 0.15) is 5.01 Å². The van der Waals surface area contributed by atoms with E-state index in [2.05, 4.69) is 44.3 Å². The molecule has 0 aliphatic carbocycles. The first-order chi connectivity index (χ1) is 8.61. The number of aryl methyl sites for hydroxylation is 3. The quantitative estimate of drug-likeness (QED) is 0.910. The van der Waals surface area contributed by atoms with E-state index in [4.69, 9.17) is 4.98 Å². The molecule has 1 N–H and O–H groups in total. The van der Waals surface area contributed by atoms with Crippen molar-refractivity contribution in [3.63, 3.8) is 0 Å². The Morgan fingerprint density at radius 2 is 2.00 bits per heavy atom. The number of nitrogens with one attached hydrogen (secondary N) is 1. The molecule has 0 unspecified atom stereocenters. The van der Waals surface area contributed by atoms with Crippen LogP contribution in [0.15, 0.2) is 18.2 Å². The van der Waals surface area contributed by atoms with E-state index in [0.717, 1.165) is 18.0 Å². The van der Waals surface area contributed by atoms with Gasteiger partial charge in [0, 0.05) is 10.4 Å². The molecule has 0 saturated carbocycles. The van der Waals surface area contributed by atoms with Gasteiger partial charge in [-0.1, -0.05) is 17.7 Å². The number of thiazole rings is 1. The van der Waals surface area contributed by atoms with Gasteiger partial charge in [-0.25, -0.2) is 4.98 Å². The van der Waals surface area contributed by atoms with Gasteiger partial charge in [0.05, 0.1) is 5.69 Å². The molecule has 0 aliphatic heterocycles. The summed E-state index contributed by atoms with van der Waals surface area (Å²) in [5.41, 5.74) is 5.04.